The van der Waals surface area contributed by atoms with E-state index in [1.54, 1.807) is 0 Å². The van der Waals surface area contributed by atoms with Crippen molar-refractivity contribution in [1.29, 1.82) is 0 Å². The van der Waals surface area contributed by atoms with Gasteiger partial charge in [0.05, 0.1) is 25.4 Å². The molecule has 1 aliphatic rings. The molecule has 0 aromatic carbocycles. The maximum Gasteiger partial charge on any atom is 0.220 e. The first-order valence-electron chi connectivity index (χ1n) is 34.9. The number of carbonyl (C=O) groups excluding carboxylic acids is 1. The Morgan fingerprint density at radius 1 is 0.423 bits per heavy atom. The third-order valence-corrected chi connectivity index (χ3v) is 17.1. The van der Waals surface area contributed by atoms with Gasteiger partial charge >= 0.3 is 0 Å². The molecule has 1 fully saturated rings. The monoisotopic (exact) mass is 1110 g/mol. The van der Waals surface area contributed by atoms with Crippen LogP contribution in [-0.2, 0) is 14.3 Å². The third kappa shape index (κ3) is 47.4. The Bertz CT molecular complexity index is 1240. The van der Waals surface area contributed by atoms with Gasteiger partial charge in [-0.05, 0) is 38.5 Å². The number of hydrogen-bond donors (Lipinski definition) is 6. The molecule has 9 nitrogen and oxygen atoms in total. The predicted molar refractivity (Wildman–Crippen MR) is 332 cm³/mol. The van der Waals surface area contributed by atoms with Crippen LogP contribution in [0.4, 0.5) is 0 Å². The molecule has 464 valence electrons. The van der Waals surface area contributed by atoms with Crippen LogP contribution < -0.4 is 5.32 Å². The largest absolute Gasteiger partial charge is 0.394 e. The van der Waals surface area contributed by atoms with Crippen molar-refractivity contribution in [2.24, 2.45) is 0 Å². The normalized spacial score (nSPS) is 18.6. The number of amides is 1. The molecule has 1 amide bonds. The molecule has 0 aromatic heterocycles. The molecule has 7 unspecified atom stereocenters. The fourth-order valence-electron chi connectivity index (χ4n) is 11.6. The lowest BCUT2D eigenvalue weighted by molar-refractivity contribution is -0.302. The Kier molecular flexibility index (Phi) is 56.8. The van der Waals surface area contributed by atoms with Crippen molar-refractivity contribution in [2.75, 3.05) is 13.2 Å². The summed E-state index contributed by atoms with van der Waals surface area (Å²) in [5, 5.41) is 54.9. The van der Waals surface area contributed by atoms with E-state index in [2.05, 4.69) is 31.3 Å². The van der Waals surface area contributed by atoms with Crippen molar-refractivity contribution in [1.82, 2.24) is 5.32 Å². The Hall–Kier alpha value is -1.07. The second kappa shape index (κ2) is 59.1. The van der Waals surface area contributed by atoms with Gasteiger partial charge in [-0.1, -0.05) is 334 Å². The molecule has 0 spiro atoms. The fraction of sp³-hybridized carbons (Fsp3) is 0.957. The number of nitrogens with one attached hydrogen (secondary N) is 1. The molecular weight excluding hydrogens is 971 g/mol. The molecule has 7 atom stereocenters. The number of carbonyl (C=O) groups is 1. The first-order valence-corrected chi connectivity index (χ1v) is 34.9. The first-order chi connectivity index (χ1) is 38.3. The molecule has 1 saturated heterocycles. The van der Waals surface area contributed by atoms with Gasteiger partial charge in [-0.3, -0.25) is 4.79 Å². The zero-order valence-electron chi connectivity index (χ0n) is 52.0. The van der Waals surface area contributed by atoms with Crippen LogP contribution in [0, 0.1) is 0 Å². The first kappa shape index (κ1) is 74.9. The number of rotatable bonds is 62. The smallest absolute Gasteiger partial charge is 0.220 e. The topological polar surface area (TPSA) is 149 Å². The van der Waals surface area contributed by atoms with Gasteiger partial charge in [0.15, 0.2) is 6.29 Å². The zero-order valence-corrected chi connectivity index (χ0v) is 52.0. The van der Waals surface area contributed by atoms with Gasteiger partial charge in [-0.25, -0.2) is 0 Å². The molecule has 0 saturated carbocycles. The molecule has 6 N–H and O–H groups in total. The highest BCUT2D eigenvalue weighted by Crippen LogP contribution is 2.24. The zero-order chi connectivity index (χ0) is 56.5. The van der Waals surface area contributed by atoms with Gasteiger partial charge in [-0.15, -0.1) is 0 Å². The van der Waals surface area contributed by atoms with E-state index in [1.807, 2.05) is 0 Å². The van der Waals surface area contributed by atoms with Crippen LogP contribution in [0.15, 0.2) is 12.2 Å². The number of aliphatic hydroxyl groups excluding tert-OH is 5. The summed E-state index contributed by atoms with van der Waals surface area (Å²) in [6.07, 6.45) is 68.5. The van der Waals surface area contributed by atoms with E-state index in [4.69, 9.17) is 9.47 Å². The summed E-state index contributed by atoms with van der Waals surface area (Å²) in [7, 11) is 0. The van der Waals surface area contributed by atoms with E-state index in [9.17, 15) is 30.3 Å². The van der Waals surface area contributed by atoms with Crippen molar-refractivity contribution in [3.63, 3.8) is 0 Å². The van der Waals surface area contributed by atoms with Gasteiger partial charge in [0, 0.05) is 6.42 Å². The van der Waals surface area contributed by atoms with Crippen LogP contribution in [0.2, 0.25) is 0 Å². The maximum atomic E-state index is 13.1. The molecule has 9 heteroatoms. The lowest BCUT2D eigenvalue weighted by Crippen LogP contribution is -2.60. The SMILES string of the molecule is CCCCCCCCCC/C=C\CCCCCCCCCCCCCCCCCC(=O)NC(COC1OC(CO)C(O)C(O)C1O)C(O)CCCCCCCCCCCCCCCCCCCCCCCCCCCCCC. The van der Waals surface area contributed by atoms with E-state index in [0.717, 1.165) is 38.5 Å². The number of aliphatic hydroxyl groups is 5. The summed E-state index contributed by atoms with van der Waals surface area (Å²) in [6, 6.07) is -0.717. The summed E-state index contributed by atoms with van der Waals surface area (Å²) < 4.78 is 11.4. The van der Waals surface area contributed by atoms with Crippen molar-refractivity contribution < 1.29 is 39.8 Å². The Morgan fingerprint density at radius 2 is 0.718 bits per heavy atom. The van der Waals surface area contributed by atoms with Crippen LogP contribution in [0.3, 0.4) is 0 Å². The molecule has 0 aliphatic carbocycles. The summed E-state index contributed by atoms with van der Waals surface area (Å²) in [5.74, 6) is -0.136. The van der Waals surface area contributed by atoms with E-state index >= 15 is 0 Å². The van der Waals surface area contributed by atoms with E-state index < -0.39 is 49.5 Å². The molecule has 1 aliphatic heterocycles. The number of unbranched alkanes of at least 4 members (excludes halogenated alkanes) is 50. The Labute approximate surface area is 484 Å². The average molecular weight is 1110 g/mol. The molecule has 0 bridgehead atoms. The van der Waals surface area contributed by atoms with Crippen molar-refractivity contribution in [2.45, 2.75) is 410 Å². The summed E-state index contributed by atoms with van der Waals surface area (Å²) in [4.78, 5) is 13.1. The van der Waals surface area contributed by atoms with Gasteiger partial charge in [0.25, 0.3) is 0 Å². The van der Waals surface area contributed by atoms with Gasteiger partial charge < -0.3 is 40.3 Å². The minimum absolute atomic E-state index is 0.132. The highest BCUT2D eigenvalue weighted by atomic mass is 16.7. The highest BCUT2D eigenvalue weighted by molar-refractivity contribution is 5.76. The van der Waals surface area contributed by atoms with Crippen molar-refractivity contribution in [3.8, 4) is 0 Å². The van der Waals surface area contributed by atoms with Crippen LogP contribution in [-0.4, -0.2) is 87.5 Å². The fourth-order valence-corrected chi connectivity index (χ4v) is 11.6. The van der Waals surface area contributed by atoms with Crippen molar-refractivity contribution >= 4 is 5.91 Å². The van der Waals surface area contributed by atoms with Crippen LogP contribution in [0.1, 0.15) is 367 Å². The summed E-state index contributed by atoms with van der Waals surface area (Å²) >= 11 is 0. The standard InChI is InChI=1S/C69H135NO8/c1-3-5-7-9-11-13-15-17-19-21-23-25-27-29-31-33-34-36-38-40-42-44-46-48-50-52-54-56-58-63(72)62(61-77-69-68(76)67(75)66(74)64(60-71)78-69)70-65(73)59-57-55-53-51-49-47-45-43-41-39-37-35-32-30-28-26-24-22-20-18-16-14-12-10-8-6-4-2/h22,24,62-64,66-69,71-72,74-76H,3-21,23,25-61H2,1-2H3,(H,70,73)/b24-22-. The van der Waals surface area contributed by atoms with Crippen LogP contribution >= 0.6 is 0 Å². The molecule has 0 aromatic rings. The molecular formula is C69H135NO8. The molecule has 0 radical (unpaired) electrons. The molecule has 1 heterocycles. The van der Waals surface area contributed by atoms with Gasteiger partial charge in [0.2, 0.25) is 5.91 Å². The molecule has 78 heavy (non-hydrogen) atoms. The Morgan fingerprint density at radius 3 is 1.04 bits per heavy atom. The highest BCUT2D eigenvalue weighted by Gasteiger charge is 2.44. The van der Waals surface area contributed by atoms with Crippen LogP contribution in [0.5, 0.6) is 0 Å². The van der Waals surface area contributed by atoms with E-state index in [-0.39, 0.29) is 12.5 Å². The van der Waals surface area contributed by atoms with Gasteiger partial charge in [0.1, 0.15) is 24.4 Å². The van der Waals surface area contributed by atoms with Crippen molar-refractivity contribution in [3.05, 3.63) is 12.2 Å². The number of ether oxygens (including phenoxy) is 2. The second-order valence-electron chi connectivity index (χ2n) is 24.7. The summed E-state index contributed by atoms with van der Waals surface area (Å²) in [5.41, 5.74) is 0. The maximum absolute atomic E-state index is 13.1. The van der Waals surface area contributed by atoms with E-state index in [0.29, 0.717) is 12.8 Å². The minimum Gasteiger partial charge on any atom is -0.394 e. The lowest BCUT2D eigenvalue weighted by Gasteiger charge is -2.40. The summed E-state index contributed by atoms with van der Waals surface area (Å²) in [6.45, 7) is 3.90. The minimum atomic E-state index is -1.55. The third-order valence-electron chi connectivity index (χ3n) is 17.1. The van der Waals surface area contributed by atoms with E-state index in [1.165, 1.54) is 302 Å². The average Bonchev–Trinajstić information content (AvgIpc) is 3.45. The number of hydrogen-bond acceptors (Lipinski definition) is 8. The number of allylic oxidation sites excluding steroid dienone is 2. The predicted octanol–water partition coefficient (Wildman–Crippen LogP) is 18.7. The quantitative estimate of drug-likeness (QED) is 0.0261. The molecule has 1 rings (SSSR count). The lowest BCUT2D eigenvalue weighted by atomic mass is 9.99. The van der Waals surface area contributed by atoms with Crippen LogP contribution in [0.25, 0.3) is 0 Å². The second-order valence-corrected chi connectivity index (χ2v) is 24.7. The van der Waals surface area contributed by atoms with Gasteiger partial charge in [-0.2, -0.15) is 0 Å². The Balaban J connectivity index is 2.11.